The third-order valence-corrected chi connectivity index (χ3v) is 4.47. The maximum absolute atomic E-state index is 11.7. The van der Waals surface area contributed by atoms with Crippen molar-refractivity contribution in [1.29, 1.82) is 0 Å². The van der Waals surface area contributed by atoms with Crippen molar-refractivity contribution >= 4 is 15.8 Å². The zero-order valence-corrected chi connectivity index (χ0v) is 10.6. The fourth-order valence-corrected chi connectivity index (χ4v) is 2.64. The summed E-state index contributed by atoms with van der Waals surface area (Å²) in [6.45, 7) is 5.49. The molecule has 0 aromatic heterocycles. The van der Waals surface area contributed by atoms with Crippen LogP contribution in [0.3, 0.4) is 0 Å². The summed E-state index contributed by atoms with van der Waals surface area (Å²) in [5.41, 5.74) is 0. The molecule has 0 rings (SSSR count). The van der Waals surface area contributed by atoms with Gasteiger partial charge in [0.2, 0.25) is 0 Å². The standard InChI is InChI=1S/C10H20O4S/c1-8(2)5-6-15(12,13)9(3)7-10(11)14-4/h8-9H,5-7H2,1-4H3. The molecule has 0 aliphatic carbocycles. The predicted octanol–water partition coefficient (Wildman–Crippen LogP) is 1.40. The fraction of sp³-hybridized carbons (Fsp3) is 0.900. The van der Waals surface area contributed by atoms with Crippen LogP contribution >= 0.6 is 0 Å². The highest BCUT2D eigenvalue weighted by atomic mass is 32.2. The second-order valence-electron chi connectivity index (χ2n) is 4.14. The highest BCUT2D eigenvalue weighted by Gasteiger charge is 2.23. The molecule has 0 radical (unpaired) electrons. The third kappa shape index (κ3) is 5.77. The van der Waals surface area contributed by atoms with Crippen LogP contribution in [0.1, 0.15) is 33.6 Å². The molecule has 15 heavy (non-hydrogen) atoms. The average Bonchev–Trinajstić information content (AvgIpc) is 2.14. The monoisotopic (exact) mass is 236 g/mol. The van der Waals surface area contributed by atoms with Gasteiger partial charge in [0.1, 0.15) is 0 Å². The fourth-order valence-electron chi connectivity index (χ4n) is 1.05. The molecule has 0 aromatic rings. The lowest BCUT2D eigenvalue weighted by Crippen LogP contribution is -2.25. The summed E-state index contributed by atoms with van der Waals surface area (Å²) < 4.78 is 27.8. The van der Waals surface area contributed by atoms with Crippen LogP contribution in [0, 0.1) is 5.92 Å². The molecule has 90 valence electrons. The minimum atomic E-state index is -3.16. The van der Waals surface area contributed by atoms with E-state index in [9.17, 15) is 13.2 Å². The Balaban J connectivity index is 4.27. The molecule has 0 aliphatic rings. The van der Waals surface area contributed by atoms with Crippen LogP contribution in [-0.2, 0) is 19.4 Å². The van der Waals surface area contributed by atoms with Crippen LogP contribution in [0.15, 0.2) is 0 Å². The van der Waals surface area contributed by atoms with E-state index in [1.807, 2.05) is 13.8 Å². The van der Waals surface area contributed by atoms with Crippen molar-refractivity contribution in [3.8, 4) is 0 Å². The molecule has 4 nitrogen and oxygen atoms in total. The number of methoxy groups -OCH3 is 1. The number of sulfone groups is 1. The molecule has 1 atom stereocenters. The van der Waals surface area contributed by atoms with Gasteiger partial charge in [0.05, 0.1) is 24.5 Å². The van der Waals surface area contributed by atoms with Gasteiger partial charge in [-0.15, -0.1) is 0 Å². The summed E-state index contributed by atoms with van der Waals surface area (Å²) in [5.74, 6) is 0.0174. The van der Waals surface area contributed by atoms with E-state index < -0.39 is 21.1 Å². The van der Waals surface area contributed by atoms with Crippen molar-refractivity contribution < 1.29 is 17.9 Å². The largest absolute Gasteiger partial charge is 0.469 e. The van der Waals surface area contributed by atoms with Crippen molar-refractivity contribution in [3.63, 3.8) is 0 Å². The van der Waals surface area contributed by atoms with Gasteiger partial charge in [-0.3, -0.25) is 4.79 Å². The van der Waals surface area contributed by atoms with Crippen molar-refractivity contribution in [2.24, 2.45) is 5.92 Å². The van der Waals surface area contributed by atoms with E-state index >= 15 is 0 Å². The van der Waals surface area contributed by atoms with Crippen molar-refractivity contribution in [2.45, 2.75) is 38.9 Å². The molecule has 0 saturated carbocycles. The zero-order chi connectivity index (χ0) is 12.1. The zero-order valence-electron chi connectivity index (χ0n) is 9.82. The van der Waals surface area contributed by atoms with Gasteiger partial charge in [0.25, 0.3) is 0 Å². The lowest BCUT2D eigenvalue weighted by atomic mass is 10.2. The number of hydrogen-bond donors (Lipinski definition) is 0. The summed E-state index contributed by atoms with van der Waals surface area (Å²) in [4.78, 5) is 10.9. The van der Waals surface area contributed by atoms with Gasteiger partial charge in [-0.1, -0.05) is 13.8 Å². The Morgan fingerprint density at radius 3 is 2.20 bits per heavy atom. The van der Waals surface area contributed by atoms with Crippen LogP contribution in [0.5, 0.6) is 0 Å². The Hall–Kier alpha value is -0.580. The molecule has 0 saturated heterocycles. The summed E-state index contributed by atoms with van der Waals surface area (Å²) in [6, 6.07) is 0. The number of rotatable bonds is 6. The molecule has 0 spiro atoms. The van der Waals surface area contributed by atoms with Gasteiger partial charge in [-0.05, 0) is 19.3 Å². The highest BCUT2D eigenvalue weighted by molar-refractivity contribution is 7.92. The first-order valence-corrected chi connectivity index (χ1v) is 6.79. The molecule has 0 heterocycles. The molecule has 0 fully saturated rings. The topological polar surface area (TPSA) is 60.4 Å². The third-order valence-electron chi connectivity index (χ3n) is 2.27. The van der Waals surface area contributed by atoms with Gasteiger partial charge in [0, 0.05) is 0 Å². The molecular weight excluding hydrogens is 216 g/mol. The molecular formula is C10H20O4S. The molecule has 0 amide bonds. The van der Waals surface area contributed by atoms with E-state index in [4.69, 9.17) is 0 Å². The Bertz CT molecular complexity index is 293. The van der Waals surface area contributed by atoms with Gasteiger partial charge in [0.15, 0.2) is 9.84 Å². The minimum Gasteiger partial charge on any atom is -0.469 e. The van der Waals surface area contributed by atoms with E-state index in [1.54, 1.807) is 6.92 Å². The normalized spacial score (nSPS) is 13.9. The number of esters is 1. The van der Waals surface area contributed by atoms with Crippen molar-refractivity contribution in [3.05, 3.63) is 0 Å². The maximum atomic E-state index is 11.7. The summed E-state index contributed by atoms with van der Waals surface area (Å²) in [6.07, 6.45) is 0.574. The number of hydrogen-bond acceptors (Lipinski definition) is 4. The van der Waals surface area contributed by atoms with E-state index in [0.29, 0.717) is 12.3 Å². The van der Waals surface area contributed by atoms with E-state index in [1.165, 1.54) is 7.11 Å². The Morgan fingerprint density at radius 1 is 1.27 bits per heavy atom. The van der Waals surface area contributed by atoms with Crippen molar-refractivity contribution in [2.75, 3.05) is 12.9 Å². The number of ether oxygens (including phenoxy) is 1. The Labute approximate surface area is 91.9 Å². The summed E-state index contributed by atoms with van der Waals surface area (Å²) in [7, 11) is -1.90. The van der Waals surface area contributed by atoms with Gasteiger partial charge in [-0.2, -0.15) is 0 Å². The minimum absolute atomic E-state index is 0.0586. The lowest BCUT2D eigenvalue weighted by molar-refractivity contribution is -0.140. The van der Waals surface area contributed by atoms with Crippen LogP contribution in [0.4, 0.5) is 0 Å². The van der Waals surface area contributed by atoms with Crippen LogP contribution in [0.25, 0.3) is 0 Å². The van der Waals surface area contributed by atoms with E-state index in [-0.39, 0.29) is 12.2 Å². The highest BCUT2D eigenvalue weighted by Crippen LogP contribution is 2.11. The molecule has 5 heteroatoms. The van der Waals surface area contributed by atoms with Gasteiger partial charge >= 0.3 is 5.97 Å². The molecule has 1 unspecified atom stereocenters. The van der Waals surface area contributed by atoms with E-state index in [2.05, 4.69) is 4.74 Å². The second-order valence-corrected chi connectivity index (χ2v) is 6.68. The quantitative estimate of drug-likeness (QED) is 0.654. The first kappa shape index (κ1) is 14.4. The molecule has 0 bridgehead atoms. The second kappa shape index (κ2) is 6.10. The summed E-state index contributed by atoms with van der Waals surface area (Å²) >= 11 is 0. The predicted molar refractivity (Wildman–Crippen MR) is 59.3 cm³/mol. The van der Waals surface area contributed by atoms with E-state index in [0.717, 1.165) is 0 Å². The van der Waals surface area contributed by atoms with Gasteiger partial charge in [-0.25, -0.2) is 8.42 Å². The molecule has 0 N–H and O–H groups in total. The Morgan fingerprint density at radius 2 is 1.80 bits per heavy atom. The molecule has 0 aromatic carbocycles. The van der Waals surface area contributed by atoms with Gasteiger partial charge < -0.3 is 4.74 Å². The van der Waals surface area contributed by atoms with Crippen LogP contribution in [-0.4, -0.2) is 32.5 Å². The smallest absolute Gasteiger partial charge is 0.306 e. The maximum Gasteiger partial charge on any atom is 0.306 e. The first-order chi connectivity index (χ1) is 6.79. The average molecular weight is 236 g/mol. The SMILES string of the molecule is COC(=O)CC(C)S(=O)(=O)CCC(C)C. The van der Waals surface area contributed by atoms with Crippen molar-refractivity contribution in [1.82, 2.24) is 0 Å². The summed E-state index contributed by atoms with van der Waals surface area (Å²) in [5, 5.41) is -0.649. The molecule has 0 aliphatic heterocycles. The number of carbonyl (C=O) groups is 1. The Kier molecular flexibility index (Phi) is 5.87. The first-order valence-electron chi connectivity index (χ1n) is 5.08. The van der Waals surface area contributed by atoms with Crippen LogP contribution < -0.4 is 0 Å². The number of carbonyl (C=O) groups excluding carboxylic acids is 1. The van der Waals surface area contributed by atoms with Crippen LogP contribution in [0.2, 0.25) is 0 Å². The lowest BCUT2D eigenvalue weighted by Gasteiger charge is -2.12.